The Hall–Kier alpha value is -2.07. The number of hydrogen-bond donors (Lipinski definition) is 2. The second-order valence-electron chi connectivity index (χ2n) is 5.49. The van der Waals surface area contributed by atoms with E-state index in [-0.39, 0.29) is 22.2 Å². The molecule has 0 saturated heterocycles. The minimum atomic E-state index is -0.435. The highest BCUT2D eigenvalue weighted by atomic mass is 32.2. The molecular formula is C18H19FN4OS3. The molecule has 2 aromatic rings. The van der Waals surface area contributed by atoms with Gasteiger partial charge in [0.2, 0.25) is 5.91 Å². The molecule has 0 bridgehead atoms. The molecule has 0 atom stereocenters. The first-order chi connectivity index (χ1) is 12.9. The van der Waals surface area contributed by atoms with Gasteiger partial charge in [-0.1, -0.05) is 78.8 Å². The van der Waals surface area contributed by atoms with E-state index in [4.69, 9.17) is 24.4 Å². The van der Waals surface area contributed by atoms with Crippen molar-refractivity contribution >= 4 is 52.3 Å². The van der Waals surface area contributed by atoms with Crippen molar-refractivity contribution in [2.45, 2.75) is 0 Å². The molecule has 0 unspecified atom stereocenters. The summed E-state index contributed by atoms with van der Waals surface area (Å²) in [4.78, 5) is 15.9. The molecule has 2 N–H and O–H groups in total. The molecule has 0 radical (unpaired) electrons. The van der Waals surface area contributed by atoms with E-state index in [1.165, 1.54) is 23.0 Å². The number of amides is 1. The highest BCUT2D eigenvalue weighted by molar-refractivity contribution is 7.98. The van der Waals surface area contributed by atoms with Gasteiger partial charge in [0.25, 0.3) is 0 Å². The molecule has 27 heavy (non-hydrogen) atoms. The summed E-state index contributed by atoms with van der Waals surface area (Å²) in [5, 5.41) is 2.99. The second kappa shape index (κ2) is 10.3. The Morgan fingerprint density at radius 3 is 2.30 bits per heavy atom. The van der Waals surface area contributed by atoms with Gasteiger partial charge in [0, 0.05) is 25.2 Å². The third kappa shape index (κ3) is 6.24. The number of thiocarbonyl (C=S) groups is 2. The monoisotopic (exact) mass is 422 g/mol. The summed E-state index contributed by atoms with van der Waals surface area (Å²) in [6.45, 7) is 0. The first-order valence-corrected chi connectivity index (χ1v) is 9.73. The van der Waals surface area contributed by atoms with Gasteiger partial charge in [-0.2, -0.15) is 4.83 Å². The number of hydrazine groups is 2. The van der Waals surface area contributed by atoms with Crippen LogP contribution in [0.2, 0.25) is 0 Å². The van der Waals surface area contributed by atoms with Gasteiger partial charge in [0.1, 0.15) is 15.8 Å². The number of nitrogens with zero attached hydrogens (tertiary/aromatic N) is 2. The van der Waals surface area contributed by atoms with E-state index in [0.29, 0.717) is 4.99 Å². The summed E-state index contributed by atoms with van der Waals surface area (Å²) in [6, 6.07) is 15.7. The van der Waals surface area contributed by atoms with Gasteiger partial charge >= 0.3 is 0 Å². The lowest BCUT2D eigenvalue weighted by molar-refractivity contribution is -0.121. The van der Waals surface area contributed by atoms with Crippen molar-refractivity contribution < 1.29 is 9.18 Å². The van der Waals surface area contributed by atoms with Crippen LogP contribution >= 0.6 is 36.4 Å². The van der Waals surface area contributed by atoms with Gasteiger partial charge in [0.05, 0.1) is 5.75 Å². The molecular weight excluding hydrogens is 403 g/mol. The lowest BCUT2D eigenvalue weighted by atomic mass is 10.2. The van der Waals surface area contributed by atoms with Crippen molar-refractivity contribution in [3.05, 3.63) is 71.5 Å². The molecule has 0 aliphatic heterocycles. The largest absolute Gasteiger partial charge is 0.291 e. The molecule has 2 aromatic carbocycles. The smallest absolute Gasteiger partial charge is 0.249 e. The number of rotatable bonds is 6. The van der Waals surface area contributed by atoms with Crippen LogP contribution in [0, 0.1) is 5.82 Å². The van der Waals surface area contributed by atoms with Crippen molar-refractivity contribution in [3.63, 3.8) is 0 Å². The van der Waals surface area contributed by atoms with E-state index in [0.717, 1.165) is 5.56 Å². The maximum Gasteiger partial charge on any atom is 0.249 e. The quantitative estimate of drug-likeness (QED) is 0.422. The van der Waals surface area contributed by atoms with E-state index in [1.807, 2.05) is 30.3 Å². The highest BCUT2D eigenvalue weighted by Gasteiger charge is 2.14. The highest BCUT2D eigenvalue weighted by Crippen LogP contribution is 2.09. The normalized spacial score (nSPS) is 10.2. The Balaban J connectivity index is 1.78. The van der Waals surface area contributed by atoms with Gasteiger partial charge in [0.15, 0.2) is 0 Å². The van der Waals surface area contributed by atoms with Gasteiger partial charge in [-0.25, -0.2) is 4.39 Å². The molecule has 0 aromatic heterocycles. The van der Waals surface area contributed by atoms with E-state index in [2.05, 4.69) is 10.3 Å². The Kier molecular flexibility index (Phi) is 8.11. The van der Waals surface area contributed by atoms with Crippen molar-refractivity contribution in [1.82, 2.24) is 20.3 Å². The minimum absolute atomic E-state index is 0.117. The van der Waals surface area contributed by atoms with Crippen molar-refractivity contribution in [2.24, 2.45) is 0 Å². The number of halogens is 1. The number of carbonyl (C=O) groups excluding carboxylic acids is 1. The Labute approximate surface area is 173 Å². The predicted octanol–water partition coefficient (Wildman–Crippen LogP) is 2.92. The van der Waals surface area contributed by atoms with Crippen LogP contribution in [0.5, 0.6) is 0 Å². The van der Waals surface area contributed by atoms with Crippen LogP contribution in [-0.4, -0.2) is 45.8 Å². The van der Waals surface area contributed by atoms with Gasteiger partial charge in [-0.3, -0.25) is 20.2 Å². The summed E-state index contributed by atoms with van der Waals surface area (Å²) in [5.41, 5.74) is 3.78. The first kappa shape index (κ1) is 21.2. The lowest BCUT2D eigenvalue weighted by Gasteiger charge is -2.22. The maximum atomic E-state index is 13.8. The Morgan fingerprint density at radius 1 is 1.00 bits per heavy atom. The van der Waals surface area contributed by atoms with Crippen LogP contribution < -0.4 is 10.3 Å². The summed E-state index contributed by atoms with van der Waals surface area (Å²) in [7, 11) is 3.35. The third-order valence-electron chi connectivity index (χ3n) is 3.43. The summed E-state index contributed by atoms with van der Waals surface area (Å²) in [5.74, 6) is -0.602. The number of nitrogens with one attached hydrogen (secondary N) is 2. The zero-order valence-electron chi connectivity index (χ0n) is 14.8. The fraction of sp³-hybridized carbons (Fsp3) is 0.167. The first-order valence-electron chi connectivity index (χ1n) is 7.92. The average molecular weight is 423 g/mol. The van der Waals surface area contributed by atoms with Crippen molar-refractivity contribution in [2.75, 3.05) is 19.8 Å². The topological polar surface area (TPSA) is 47.6 Å². The molecule has 0 spiro atoms. The van der Waals surface area contributed by atoms with E-state index >= 15 is 0 Å². The molecule has 0 heterocycles. The molecule has 142 valence electrons. The van der Waals surface area contributed by atoms with Crippen LogP contribution in [0.15, 0.2) is 54.6 Å². The van der Waals surface area contributed by atoms with Crippen LogP contribution in [0.3, 0.4) is 0 Å². The van der Waals surface area contributed by atoms with E-state index < -0.39 is 5.82 Å². The standard InChI is InChI=1S/C18H19FN4OS3/c1-22(18(26)14-10-6-7-11-15(14)19)20-16(24)12-27-21-23(2)17(25)13-8-4-3-5-9-13/h3-11,21H,12H2,1-2H3,(H,20,24). The predicted molar refractivity (Wildman–Crippen MR) is 116 cm³/mol. The molecule has 9 heteroatoms. The maximum absolute atomic E-state index is 13.8. The average Bonchev–Trinajstić information content (AvgIpc) is 2.67. The van der Waals surface area contributed by atoms with Crippen LogP contribution in [0.4, 0.5) is 4.39 Å². The SMILES string of the molecule is CN(NSCC(=O)NN(C)C(=S)c1ccccc1F)C(=S)c1ccccc1. The number of hydrogen-bond acceptors (Lipinski definition) is 5. The zero-order chi connectivity index (χ0) is 19.8. The summed E-state index contributed by atoms with van der Waals surface area (Å²) >= 11 is 11.8. The van der Waals surface area contributed by atoms with E-state index in [9.17, 15) is 9.18 Å². The number of benzene rings is 2. The van der Waals surface area contributed by atoms with Gasteiger partial charge < -0.3 is 0 Å². The van der Waals surface area contributed by atoms with Gasteiger partial charge in [-0.15, -0.1) is 0 Å². The molecule has 0 saturated carbocycles. The Bertz CT molecular complexity index is 819. The molecule has 2 rings (SSSR count). The van der Waals surface area contributed by atoms with Crippen LogP contribution in [0.1, 0.15) is 11.1 Å². The zero-order valence-corrected chi connectivity index (χ0v) is 17.3. The third-order valence-corrected chi connectivity index (χ3v) is 5.24. The molecule has 5 nitrogen and oxygen atoms in total. The Morgan fingerprint density at radius 2 is 1.63 bits per heavy atom. The lowest BCUT2D eigenvalue weighted by Crippen LogP contribution is -2.44. The summed E-state index contributed by atoms with van der Waals surface area (Å²) in [6.07, 6.45) is 0. The van der Waals surface area contributed by atoms with Crippen molar-refractivity contribution in [1.29, 1.82) is 0 Å². The van der Waals surface area contributed by atoms with Crippen molar-refractivity contribution in [3.8, 4) is 0 Å². The summed E-state index contributed by atoms with van der Waals surface area (Å²) < 4.78 is 13.8. The fourth-order valence-corrected chi connectivity index (χ4v) is 3.09. The molecule has 0 aliphatic carbocycles. The van der Waals surface area contributed by atoms with E-state index in [1.54, 1.807) is 37.3 Å². The fourth-order valence-electron chi connectivity index (χ4n) is 2.10. The molecule has 1 amide bonds. The van der Waals surface area contributed by atoms with Crippen LogP contribution in [-0.2, 0) is 4.79 Å². The second-order valence-corrected chi connectivity index (χ2v) is 7.02. The number of carbonyl (C=O) groups is 1. The molecule has 0 aliphatic rings. The molecule has 0 fully saturated rings. The minimum Gasteiger partial charge on any atom is -0.291 e. The van der Waals surface area contributed by atoms with Crippen LogP contribution in [0.25, 0.3) is 0 Å². The van der Waals surface area contributed by atoms with Gasteiger partial charge in [-0.05, 0) is 12.1 Å².